The summed E-state index contributed by atoms with van der Waals surface area (Å²) in [5.74, 6) is 0.136. The van der Waals surface area contributed by atoms with Gasteiger partial charge >= 0.3 is 5.97 Å². The molecule has 0 radical (unpaired) electrons. The molecule has 0 rings (SSSR count). The van der Waals surface area contributed by atoms with Gasteiger partial charge in [-0.05, 0) is 40.5 Å². The molecular weight excluding hydrogens is 242 g/mol. The van der Waals surface area contributed by atoms with Gasteiger partial charge in [0.15, 0.2) is 0 Å². The lowest BCUT2D eigenvalue weighted by Crippen LogP contribution is -2.39. The topological polar surface area (TPSA) is 46.6 Å². The van der Waals surface area contributed by atoms with Gasteiger partial charge in [-0.3, -0.25) is 9.59 Å². The van der Waals surface area contributed by atoms with Crippen LogP contribution in [0.3, 0.4) is 0 Å². The van der Waals surface area contributed by atoms with Crippen LogP contribution in [0.4, 0.5) is 0 Å². The summed E-state index contributed by atoms with van der Waals surface area (Å²) in [6, 6.07) is 0.161. The second-order valence-corrected chi connectivity index (χ2v) is 6.62. The van der Waals surface area contributed by atoms with Gasteiger partial charge in [0.05, 0.1) is 6.42 Å². The van der Waals surface area contributed by atoms with Crippen molar-refractivity contribution in [2.24, 2.45) is 5.92 Å². The maximum absolute atomic E-state index is 12.1. The van der Waals surface area contributed by atoms with Crippen molar-refractivity contribution in [1.82, 2.24) is 4.90 Å². The molecule has 0 saturated carbocycles. The van der Waals surface area contributed by atoms with E-state index in [-0.39, 0.29) is 30.8 Å². The standard InChI is InChI=1S/C15H29NO3/c1-11(2)10-16(12(3)4)13(17)8-9-14(18)19-15(5,6)7/h11-12H,8-10H2,1-7H3. The first-order valence-corrected chi connectivity index (χ1v) is 7.04. The van der Waals surface area contributed by atoms with E-state index in [1.807, 2.05) is 39.5 Å². The largest absolute Gasteiger partial charge is 0.460 e. The number of carbonyl (C=O) groups excluding carboxylic acids is 2. The molecule has 0 aromatic rings. The molecule has 4 heteroatoms. The SMILES string of the molecule is CC(C)CN(C(=O)CCC(=O)OC(C)(C)C)C(C)C. The van der Waals surface area contributed by atoms with Gasteiger partial charge in [-0.25, -0.2) is 0 Å². The molecule has 0 saturated heterocycles. The number of hydrogen-bond donors (Lipinski definition) is 0. The predicted octanol–water partition coefficient (Wildman–Crippen LogP) is 3.00. The lowest BCUT2D eigenvalue weighted by atomic mass is 10.1. The Morgan fingerprint density at radius 1 is 1.05 bits per heavy atom. The average Bonchev–Trinajstić information content (AvgIpc) is 2.19. The number of carbonyl (C=O) groups is 2. The number of nitrogens with zero attached hydrogens (tertiary/aromatic N) is 1. The molecule has 0 N–H and O–H groups in total. The van der Waals surface area contributed by atoms with Crippen molar-refractivity contribution >= 4 is 11.9 Å². The molecule has 112 valence electrons. The van der Waals surface area contributed by atoms with E-state index in [0.717, 1.165) is 6.54 Å². The van der Waals surface area contributed by atoms with E-state index in [1.54, 1.807) is 0 Å². The third-order valence-electron chi connectivity index (χ3n) is 2.47. The van der Waals surface area contributed by atoms with Crippen molar-refractivity contribution < 1.29 is 14.3 Å². The molecule has 0 aromatic heterocycles. The molecule has 0 heterocycles. The fourth-order valence-corrected chi connectivity index (χ4v) is 1.74. The fraction of sp³-hybridized carbons (Fsp3) is 0.867. The summed E-state index contributed by atoms with van der Waals surface area (Å²) in [5, 5.41) is 0. The van der Waals surface area contributed by atoms with E-state index in [0.29, 0.717) is 5.92 Å². The highest BCUT2D eigenvalue weighted by atomic mass is 16.6. The van der Waals surface area contributed by atoms with Crippen LogP contribution < -0.4 is 0 Å². The summed E-state index contributed by atoms with van der Waals surface area (Å²) in [7, 11) is 0. The Balaban J connectivity index is 4.31. The molecule has 0 fully saturated rings. The first-order chi connectivity index (χ1) is 8.53. The molecular formula is C15H29NO3. The zero-order valence-corrected chi connectivity index (χ0v) is 13.4. The second kappa shape index (κ2) is 7.51. The molecule has 0 unspecified atom stereocenters. The summed E-state index contributed by atoms with van der Waals surface area (Å²) >= 11 is 0. The summed E-state index contributed by atoms with van der Waals surface area (Å²) in [4.78, 5) is 25.5. The molecule has 0 spiro atoms. The summed E-state index contributed by atoms with van der Waals surface area (Å²) in [5.41, 5.74) is -0.490. The number of esters is 1. The average molecular weight is 271 g/mol. The van der Waals surface area contributed by atoms with E-state index in [1.165, 1.54) is 0 Å². The van der Waals surface area contributed by atoms with Crippen LogP contribution >= 0.6 is 0 Å². The van der Waals surface area contributed by atoms with Crippen LogP contribution in [0.25, 0.3) is 0 Å². The van der Waals surface area contributed by atoms with Crippen molar-refractivity contribution in [2.75, 3.05) is 6.54 Å². The fourth-order valence-electron chi connectivity index (χ4n) is 1.74. The van der Waals surface area contributed by atoms with Gasteiger partial charge < -0.3 is 9.64 Å². The smallest absolute Gasteiger partial charge is 0.306 e. The first kappa shape index (κ1) is 17.9. The van der Waals surface area contributed by atoms with Crippen molar-refractivity contribution in [3.05, 3.63) is 0 Å². The Morgan fingerprint density at radius 2 is 1.58 bits per heavy atom. The van der Waals surface area contributed by atoms with Gasteiger partial charge in [0, 0.05) is 19.0 Å². The van der Waals surface area contributed by atoms with Gasteiger partial charge in [0.2, 0.25) is 5.91 Å². The maximum Gasteiger partial charge on any atom is 0.306 e. The van der Waals surface area contributed by atoms with Gasteiger partial charge in [0.1, 0.15) is 5.60 Å². The molecule has 4 nitrogen and oxygen atoms in total. The van der Waals surface area contributed by atoms with Crippen molar-refractivity contribution in [1.29, 1.82) is 0 Å². The molecule has 1 amide bonds. The second-order valence-electron chi connectivity index (χ2n) is 6.62. The van der Waals surface area contributed by atoms with E-state index in [2.05, 4.69) is 13.8 Å². The van der Waals surface area contributed by atoms with E-state index in [4.69, 9.17) is 4.74 Å². The Morgan fingerprint density at radius 3 is 1.95 bits per heavy atom. The Labute approximate surface area is 117 Å². The van der Waals surface area contributed by atoms with Crippen LogP contribution in [0.1, 0.15) is 61.3 Å². The Kier molecular flexibility index (Phi) is 7.09. The quantitative estimate of drug-likeness (QED) is 0.698. The summed E-state index contributed by atoms with van der Waals surface area (Å²) in [6.45, 7) is 14.4. The normalized spacial score (nSPS) is 11.8. The minimum absolute atomic E-state index is 0.0227. The first-order valence-electron chi connectivity index (χ1n) is 7.04. The molecule has 0 aromatic carbocycles. The Bertz CT molecular complexity index is 303. The molecule has 0 aliphatic rings. The molecule has 0 atom stereocenters. The minimum Gasteiger partial charge on any atom is -0.460 e. The van der Waals surface area contributed by atoms with Gasteiger partial charge in [-0.15, -0.1) is 0 Å². The number of hydrogen-bond acceptors (Lipinski definition) is 3. The molecule has 0 bridgehead atoms. The lowest BCUT2D eigenvalue weighted by molar-refractivity contribution is -0.156. The molecule has 0 aliphatic heterocycles. The van der Waals surface area contributed by atoms with Crippen molar-refractivity contribution in [3.63, 3.8) is 0 Å². The monoisotopic (exact) mass is 271 g/mol. The predicted molar refractivity (Wildman–Crippen MR) is 76.8 cm³/mol. The van der Waals surface area contributed by atoms with Crippen molar-refractivity contribution in [3.8, 4) is 0 Å². The van der Waals surface area contributed by atoms with Crippen LogP contribution in [0, 0.1) is 5.92 Å². The Hall–Kier alpha value is -1.06. The van der Waals surface area contributed by atoms with Crippen LogP contribution in [-0.2, 0) is 14.3 Å². The molecule has 19 heavy (non-hydrogen) atoms. The minimum atomic E-state index is -0.490. The van der Waals surface area contributed by atoms with Gasteiger partial charge in [-0.1, -0.05) is 13.8 Å². The summed E-state index contributed by atoms with van der Waals surface area (Å²) < 4.78 is 5.20. The van der Waals surface area contributed by atoms with Crippen molar-refractivity contribution in [2.45, 2.75) is 73.0 Å². The van der Waals surface area contributed by atoms with E-state index < -0.39 is 5.60 Å². The highest BCUT2D eigenvalue weighted by Gasteiger charge is 2.21. The number of rotatable bonds is 6. The third kappa shape index (κ3) is 8.62. The summed E-state index contributed by atoms with van der Waals surface area (Å²) in [6.07, 6.45) is 0.372. The van der Waals surface area contributed by atoms with Crippen LogP contribution in [0.5, 0.6) is 0 Å². The van der Waals surface area contributed by atoms with Crippen LogP contribution in [0.15, 0.2) is 0 Å². The van der Waals surface area contributed by atoms with E-state index >= 15 is 0 Å². The molecule has 0 aliphatic carbocycles. The van der Waals surface area contributed by atoms with Crippen LogP contribution in [0.2, 0.25) is 0 Å². The highest BCUT2D eigenvalue weighted by molar-refractivity contribution is 5.81. The zero-order valence-electron chi connectivity index (χ0n) is 13.4. The van der Waals surface area contributed by atoms with Crippen LogP contribution in [-0.4, -0.2) is 35.0 Å². The van der Waals surface area contributed by atoms with Gasteiger partial charge in [-0.2, -0.15) is 0 Å². The number of ether oxygens (including phenoxy) is 1. The maximum atomic E-state index is 12.1. The third-order valence-corrected chi connectivity index (χ3v) is 2.47. The number of amides is 1. The highest BCUT2D eigenvalue weighted by Crippen LogP contribution is 2.11. The van der Waals surface area contributed by atoms with Gasteiger partial charge in [0.25, 0.3) is 0 Å². The lowest BCUT2D eigenvalue weighted by Gasteiger charge is -2.28. The van der Waals surface area contributed by atoms with E-state index in [9.17, 15) is 9.59 Å². The zero-order chi connectivity index (χ0) is 15.2.